The number of hydrogen-bond acceptors (Lipinski definition) is 5. The summed E-state index contributed by atoms with van der Waals surface area (Å²) in [5, 5.41) is 6.23. The summed E-state index contributed by atoms with van der Waals surface area (Å²) in [6, 6.07) is -1.81. The summed E-state index contributed by atoms with van der Waals surface area (Å²) in [4.78, 5) is 66.0. The molecule has 3 fully saturated rings. The Morgan fingerprint density at radius 2 is 1.86 bits per heavy atom. The topological polar surface area (TPSA) is 128 Å². The summed E-state index contributed by atoms with van der Waals surface area (Å²) in [6.07, 6.45) is 0.423. The maximum Gasteiger partial charge on any atom is 0.291 e. The van der Waals surface area contributed by atoms with Crippen LogP contribution in [0.1, 0.15) is 54.9 Å². The van der Waals surface area contributed by atoms with Gasteiger partial charge in [-0.3, -0.25) is 29.4 Å². The van der Waals surface area contributed by atoms with Crippen LogP contribution >= 0.6 is 11.6 Å². The van der Waals surface area contributed by atoms with E-state index >= 15 is 0 Å². The largest absolute Gasteiger partial charge is 0.356 e. The van der Waals surface area contributed by atoms with E-state index in [9.17, 15) is 28.4 Å². The molecule has 0 unspecified atom stereocenters. The minimum Gasteiger partial charge on any atom is -0.356 e. The number of halogens is 2. The summed E-state index contributed by atoms with van der Waals surface area (Å²) < 4.78 is 13.8. The predicted octanol–water partition coefficient (Wildman–Crippen LogP) is 1.19. The van der Waals surface area contributed by atoms with Crippen molar-refractivity contribution in [3.8, 4) is 0 Å². The molecule has 1 saturated carbocycles. The van der Waals surface area contributed by atoms with Crippen LogP contribution in [0, 0.1) is 34.5 Å². The molecule has 0 aromatic heterocycles. The Morgan fingerprint density at radius 1 is 1.24 bits per heavy atom. The Kier molecular flexibility index (Phi) is 8.17. The second-order valence-electron chi connectivity index (χ2n) is 12.4. The molecule has 0 radical (unpaired) electrons. The van der Waals surface area contributed by atoms with Gasteiger partial charge in [0, 0.05) is 19.0 Å². The first-order valence-electron chi connectivity index (χ1n) is 12.8. The summed E-state index contributed by atoms with van der Waals surface area (Å²) in [7, 11) is 0. The number of likely N-dealkylation sites (tertiary alicyclic amines) is 1. The van der Waals surface area contributed by atoms with Gasteiger partial charge >= 0.3 is 0 Å². The van der Waals surface area contributed by atoms with E-state index < -0.39 is 46.8 Å². The highest BCUT2D eigenvalue weighted by atomic mass is 35.5. The minimum absolute atomic E-state index is 0.0559. The number of alkyl halides is 2. The summed E-state index contributed by atoms with van der Waals surface area (Å²) >= 11 is 5.40. The molecule has 0 bridgehead atoms. The quantitative estimate of drug-likeness (QED) is 0.328. The highest BCUT2D eigenvalue weighted by Gasteiger charge is 2.70. The Bertz CT molecular complexity index is 966. The third-order valence-corrected chi connectivity index (χ3v) is 8.13. The van der Waals surface area contributed by atoms with Gasteiger partial charge in [-0.1, -0.05) is 60.1 Å². The van der Waals surface area contributed by atoms with Crippen molar-refractivity contribution in [3.63, 3.8) is 0 Å². The maximum absolute atomic E-state index is 13.8. The maximum atomic E-state index is 13.8. The van der Waals surface area contributed by atoms with Crippen LogP contribution in [0.4, 0.5) is 4.39 Å². The number of nitrogens with one attached hydrogen (secondary N) is 3. The van der Waals surface area contributed by atoms with Gasteiger partial charge in [-0.25, -0.2) is 9.40 Å². The number of carbonyl (C=O) groups excluding carboxylic acids is 5. The van der Waals surface area contributed by atoms with Crippen LogP contribution in [0.5, 0.6) is 0 Å². The molecule has 5 amide bonds. The molecule has 0 aromatic rings. The summed E-state index contributed by atoms with van der Waals surface area (Å²) in [6.45, 7) is 13.5. The minimum atomic E-state index is -2.41. The van der Waals surface area contributed by atoms with E-state index in [-0.39, 0.29) is 41.5 Å². The molecule has 208 valence electrons. The first kappa shape index (κ1) is 29.1. The van der Waals surface area contributed by atoms with E-state index in [1.807, 2.05) is 34.6 Å². The fourth-order valence-corrected chi connectivity index (χ4v) is 5.60. The molecule has 1 aliphatic carbocycles. The Morgan fingerprint density at radius 3 is 2.35 bits per heavy atom. The fraction of sp³-hybridized carbons (Fsp3) is 0.800. The lowest BCUT2D eigenvalue weighted by atomic mass is 9.85. The monoisotopic (exact) mass is 543 g/mol. The SMILES string of the molecule is CC(C)C(=O)N[C@H](C(=O)N1C[C@H]2[C@@H]([C@H]1C(=O)NN(C[C@@H]1CCNC1=O)C(=O)[C@H](F)Cl)C2(C)C)C(C)(C)C. The van der Waals surface area contributed by atoms with Gasteiger partial charge in [0.1, 0.15) is 12.1 Å². The van der Waals surface area contributed by atoms with Gasteiger partial charge in [-0.05, 0) is 29.1 Å². The van der Waals surface area contributed by atoms with Crippen LogP contribution in [0.3, 0.4) is 0 Å². The van der Waals surface area contributed by atoms with Crippen molar-refractivity contribution in [1.29, 1.82) is 0 Å². The zero-order valence-electron chi connectivity index (χ0n) is 22.6. The second kappa shape index (κ2) is 10.4. The molecule has 10 nitrogen and oxygen atoms in total. The normalized spacial score (nSPS) is 27.7. The molecular formula is C25H39ClFN5O5. The number of fused-ring (bicyclic) bond motifs is 1. The Hall–Kier alpha value is -2.43. The molecule has 0 aromatic carbocycles. The summed E-state index contributed by atoms with van der Waals surface area (Å²) in [5.74, 6) is -3.89. The first-order chi connectivity index (χ1) is 17.0. The smallest absolute Gasteiger partial charge is 0.291 e. The van der Waals surface area contributed by atoms with Crippen molar-refractivity contribution in [1.82, 2.24) is 26.0 Å². The van der Waals surface area contributed by atoms with E-state index in [1.54, 1.807) is 13.8 Å². The number of rotatable bonds is 7. The van der Waals surface area contributed by atoms with Crippen LogP contribution in [-0.2, 0) is 24.0 Å². The molecular weight excluding hydrogens is 505 g/mol. The van der Waals surface area contributed by atoms with Crippen molar-refractivity contribution in [3.05, 3.63) is 0 Å². The van der Waals surface area contributed by atoms with Gasteiger partial charge in [0.05, 0.1) is 12.5 Å². The number of amides is 5. The molecule has 12 heteroatoms. The van der Waals surface area contributed by atoms with Crippen LogP contribution < -0.4 is 16.1 Å². The van der Waals surface area contributed by atoms with Gasteiger partial charge < -0.3 is 15.5 Å². The highest BCUT2D eigenvalue weighted by Crippen LogP contribution is 2.65. The van der Waals surface area contributed by atoms with Crippen LogP contribution in [-0.4, -0.2) is 76.8 Å². The van der Waals surface area contributed by atoms with E-state index in [2.05, 4.69) is 16.1 Å². The lowest BCUT2D eigenvalue weighted by Gasteiger charge is -2.38. The zero-order valence-corrected chi connectivity index (χ0v) is 23.3. The van der Waals surface area contributed by atoms with Crippen molar-refractivity contribution in [2.75, 3.05) is 19.6 Å². The lowest BCUT2D eigenvalue weighted by molar-refractivity contribution is -0.151. The highest BCUT2D eigenvalue weighted by molar-refractivity contribution is 6.29. The van der Waals surface area contributed by atoms with E-state index in [4.69, 9.17) is 11.6 Å². The van der Waals surface area contributed by atoms with E-state index in [0.717, 1.165) is 5.01 Å². The lowest BCUT2D eigenvalue weighted by Crippen LogP contribution is -2.61. The van der Waals surface area contributed by atoms with Gasteiger partial charge in [-0.15, -0.1) is 0 Å². The number of hydrogen-bond donors (Lipinski definition) is 3. The van der Waals surface area contributed by atoms with Gasteiger partial charge in [0.2, 0.25) is 17.7 Å². The molecule has 0 spiro atoms. The summed E-state index contributed by atoms with van der Waals surface area (Å²) in [5.41, 5.74) is -0.798. The number of nitrogens with zero attached hydrogens (tertiary/aromatic N) is 2. The van der Waals surface area contributed by atoms with Gasteiger partial charge in [0.25, 0.3) is 17.4 Å². The predicted molar refractivity (Wildman–Crippen MR) is 134 cm³/mol. The molecule has 3 N–H and O–H groups in total. The fourth-order valence-electron chi connectivity index (χ4n) is 5.48. The van der Waals surface area contributed by atoms with Crippen molar-refractivity contribution >= 4 is 41.1 Å². The van der Waals surface area contributed by atoms with Gasteiger partial charge in [-0.2, -0.15) is 0 Å². The zero-order chi connectivity index (χ0) is 28.0. The average molecular weight is 544 g/mol. The Labute approximate surface area is 222 Å². The average Bonchev–Trinajstić information content (AvgIpc) is 3.14. The third-order valence-electron chi connectivity index (χ3n) is 7.95. The second-order valence-corrected chi connectivity index (χ2v) is 12.7. The molecule has 6 atom stereocenters. The van der Waals surface area contributed by atoms with Gasteiger partial charge in [0.15, 0.2) is 0 Å². The number of carbonyl (C=O) groups is 5. The number of piperidine rings is 1. The molecule has 3 aliphatic rings. The van der Waals surface area contributed by atoms with Crippen molar-refractivity contribution in [2.24, 2.45) is 34.5 Å². The van der Waals surface area contributed by atoms with E-state index in [0.29, 0.717) is 19.5 Å². The molecule has 2 heterocycles. The van der Waals surface area contributed by atoms with Crippen LogP contribution in [0.15, 0.2) is 0 Å². The third kappa shape index (κ3) is 5.86. The first-order valence-corrected chi connectivity index (χ1v) is 13.2. The van der Waals surface area contributed by atoms with Crippen LogP contribution in [0.2, 0.25) is 0 Å². The molecule has 2 aliphatic heterocycles. The van der Waals surface area contributed by atoms with Crippen molar-refractivity contribution in [2.45, 2.75) is 72.6 Å². The molecule has 2 saturated heterocycles. The van der Waals surface area contributed by atoms with Crippen LogP contribution in [0.25, 0.3) is 0 Å². The van der Waals surface area contributed by atoms with E-state index in [1.165, 1.54) is 4.90 Å². The Balaban J connectivity index is 1.86. The van der Waals surface area contributed by atoms with Crippen molar-refractivity contribution < 1.29 is 28.4 Å². The molecule has 37 heavy (non-hydrogen) atoms. The molecule has 3 rings (SSSR count). The standard InChI is InChI=1S/C25H39ClFN5O5/c1-12(2)19(33)29-17(24(3,4)5)22(36)31-11-14-15(25(14,6)7)16(31)21(35)30-32(23(37)18(26)27)10-13-8-9-28-20(13)34/h12-18H,8-11H2,1-7H3,(H,28,34)(H,29,33)(H,30,35)/t13-,14-,15-,16-,17+,18-/m0/s1. The number of hydrazine groups is 1.